The summed E-state index contributed by atoms with van der Waals surface area (Å²) in [5.74, 6) is 1.35. The largest absolute Gasteiger partial charge is 0.332 e. The zero-order chi connectivity index (χ0) is 17.2. The van der Waals surface area contributed by atoms with E-state index in [9.17, 15) is 9.59 Å². The third-order valence-electron chi connectivity index (χ3n) is 5.58. The summed E-state index contributed by atoms with van der Waals surface area (Å²) in [4.78, 5) is 29.5. The molecular weight excluding hydrogens is 306 g/mol. The van der Waals surface area contributed by atoms with Gasteiger partial charge in [0, 0.05) is 32.0 Å². The molecule has 3 heterocycles. The van der Waals surface area contributed by atoms with Gasteiger partial charge in [-0.15, -0.1) is 0 Å². The number of hydrogen-bond acceptors (Lipinski definition) is 3. The van der Waals surface area contributed by atoms with E-state index in [4.69, 9.17) is 0 Å². The molecule has 0 aromatic carbocycles. The van der Waals surface area contributed by atoms with Gasteiger partial charge in [0.2, 0.25) is 5.78 Å². The topological polar surface area (TPSA) is 66.2 Å². The Labute approximate surface area is 139 Å². The first-order valence-electron chi connectivity index (χ1n) is 8.57. The number of rotatable bonds is 1. The minimum Gasteiger partial charge on any atom is -0.311 e. The molecule has 0 spiro atoms. The number of fused-ring (bicyclic) bond motifs is 3. The average molecular weight is 329 g/mol. The highest BCUT2D eigenvalue weighted by Crippen LogP contribution is 2.36. The monoisotopic (exact) mass is 329 g/mol. The van der Waals surface area contributed by atoms with E-state index in [2.05, 4.69) is 23.4 Å². The van der Waals surface area contributed by atoms with Gasteiger partial charge in [0.05, 0.1) is 0 Å². The predicted molar refractivity (Wildman–Crippen MR) is 92.6 cm³/mol. The van der Waals surface area contributed by atoms with Crippen molar-refractivity contribution >= 4 is 16.9 Å². The molecule has 0 bridgehead atoms. The van der Waals surface area contributed by atoms with E-state index in [1.807, 2.05) is 10.6 Å². The van der Waals surface area contributed by atoms with Gasteiger partial charge in [-0.2, -0.15) is 4.98 Å². The predicted octanol–water partition coefficient (Wildman–Crippen LogP) is 1.75. The van der Waals surface area contributed by atoms with E-state index < -0.39 is 0 Å². The molecule has 7 nitrogen and oxygen atoms in total. The van der Waals surface area contributed by atoms with Crippen LogP contribution in [0.1, 0.15) is 44.3 Å². The molecule has 3 aromatic rings. The van der Waals surface area contributed by atoms with Crippen LogP contribution in [0.2, 0.25) is 0 Å². The van der Waals surface area contributed by atoms with Gasteiger partial charge in [0.15, 0.2) is 11.2 Å². The van der Waals surface area contributed by atoms with Crippen molar-refractivity contribution in [1.29, 1.82) is 0 Å². The number of nitrogens with zero attached hydrogens (tertiary/aromatic N) is 5. The first kappa shape index (κ1) is 15.2. The molecule has 0 aliphatic heterocycles. The van der Waals surface area contributed by atoms with Gasteiger partial charge in [-0.25, -0.2) is 4.79 Å². The average Bonchev–Trinajstić information content (AvgIpc) is 3.06. The van der Waals surface area contributed by atoms with Crippen molar-refractivity contribution in [2.75, 3.05) is 0 Å². The molecule has 7 heteroatoms. The smallest absolute Gasteiger partial charge is 0.311 e. The lowest BCUT2D eigenvalue weighted by Crippen LogP contribution is -2.37. The van der Waals surface area contributed by atoms with Crippen LogP contribution in [0.5, 0.6) is 0 Å². The standard InChI is InChI=1S/C17H23N5O2/c1-10-7-5-6-8-12(10)22-11(2)9-21-13-14(18-16(21)22)19(3)17(24)20(4)15(13)23/h9-10,12H,5-8H2,1-4H3/t10-,12-/m0/s1. The molecule has 1 aliphatic carbocycles. The summed E-state index contributed by atoms with van der Waals surface area (Å²) in [7, 11) is 3.17. The normalized spacial score (nSPS) is 21.8. The van der Waals surface area contributed by atoms with Crippen LogP contribution in [0.4, 0.5) is 0 Å². The van der Waals surface area contributed by atoms with Gasteiger partial charge < -0.3 is 4.57 Å². The third-order valence-corrected chi connectivity index (χ3v) is 5.58. The molecule has 0 unspecified atom stereocenters. The van der Waals surface area contributed by atoms with Crippen LogP contribution >= 0.6 is 0 Å². The Morgan fingerprint density at radius 1 is 1.12 bits per heavy atom. The van der Waals surface area contributed by atoms with Crippen LogP contribution in [-0.2, 0) is 14.1 Å². The summed E-state index contributed by atoms with van der Waals surface area (Å²) in [6.45, 7) is 4.35. The molecule has 2 atom stereocenters. The molecule has 24 heavy (non-hydrogen) atoms. The first-order chi connectivity index (χ1) is 11.4. The number of aromatic nitrogens is 5. The Hall–Kier alpha value is -2.31. The second kappa shape index (κ2) is 5.09. The van der Waals surface area contributed by atoms with E-state index in [1.165, 1.54) is 30.9 Å². The van der Waals surface area contributed by atoms with Crippen LogP contribution in [0.25, 0.3) is 16.9 Å². The highest BCUT2D eigenvalue weighted by Gasteiger charge is 2.27. The second-order valence-electron chi connectivity index (χ2n) is 7.13. The third kappa shape index (κ3) is 1.87. The molecule has 1 fully saturated rings. The molecule has 0 saturated heterocycles. The lowest BCUT2D eigenvalue weighted by Gasteiger charge is -2.30. The summed E-state index contributed by atoms with van der Waals surface area (Å²) in [6.07, 6.45) is 6.82. The van der Waals surface area contributed by atoms with E-state index >= 15 is 0 Å². The van der Waals surface area contributed by atoms with E-state index in [0.717, 1.165) is 22.5 Å². The van der Waals surface area contributed by atoms with E-state index in [1.54, 1.807) is 7.05 Å². The molecule has 128 valence electrons. The minimum atomic E-state index is -0.345. The maximum Gasteiger partial charge on any atom is 0.332 e. The van der Waals surface area contributed by atoms with Crippen LogP contribution < -0.4 is 11.2 Å². The van der Waals surface area contributed by atoms with Crippen LogP contribution in [-0.4, -0.2) is 23.1 Å². The van der Waals surface area contributed by atoms with Gasteiger partial charge in [-0.1, -0.05) is 19.8 Å². The Kier molecular flexibility index (Phi) is 3.23. The highest BCUT2D eigenvalue weighted by atomic mass is 16.2. The quantitative estimate of drug-likeness (QED) is 0.683. The Morgan fingerprint density at radius 2 is 1.83 bits per heavy atom. The SMILES string of the molecule is Cc1cn2c3c(=O)n(C)c(=O)n(C)c3nc2n1[C@H]1CCCC[C@@H]1C. The van der Waals surface area contributed by atoms with Crippen molar-refractivity contribution < 1.29 is 0 Å². The summed E-state index contributed by atoms with van der Waals surface area (Å²) in [6, 6.07) is 0.397. The zero-order valence-electron chi connectivity index (χ0n) is 14.6. The fraction of sp³-hybridized carbons (Fsp3) is 0.588. The molecule has 4 rings (SSSR count). The van der Waals surface area contributed by atoms with Crippen molar-refractivity contribution in [3.05, 3.63) is 32.7 Å². The maximum atomic E-state index is 12.6. The Morgan fingerprint density at radius 3 is 2.54 bits per heavy atom. The second-order valence-corrected chi connectivity index (χ2v) is 7.13. The first-order valence-corrected chi connectivity index (χ1v) is 8.57. The molecule has 0 radical (unpaired) electrons. The zero-order valence-corrected chi connectivity index (χ0v) is 14.6. The van der Waals surface area contributed by atoms with E-state index in [-0.39, 0.29) is 11.2 Å². The molecule has 0 amide bonds. The minimum absolute atomic E-state index is 0.297. The van der Waals surface area contributed by atoms with Crippen LogP contribution in [0.15, 0.2) is 15.8 Å². The fourth-order valence-corrected chi connectivity index (χ4v) is 4.19. The van der Waals surface area contributed by atoms with E-state index in [0.29, 0.717) is 23.1 Å². The van der Waals surface area contributed by atoms with Crippen molar-refractivity contribution in [2.45, 2.75) is 45.6 Å². The van der Waals surface area contributed by atoms with Gasteiger partial charge in [-0.3, -0.25) is 18.3 Å². The molecule has 0 N–H and O–H groups in total. The number of hydrogen-bond donors (Lipinski definition) is 0. The van der Waals surface area contributed by atoms with Gasteiger partial charge in [0.1, 0.15) is 0 Å². The summed E-state index contributed by atoms with van der Waals surface area (Å²) in [5, 5.41) is 0. The Balaban J connectivity index is 2.09. The number of imidazole rings is 2. The summed E-state index contributed by atoms with van der Waals surface area (Å²) >= 11 is 0. The molecule has 1 saturated carbocycles. The van der Waals surface area contributed by atoms with Gasteiger partial charge in [-0.05, 0) is 25.7 Å². The fourth-order valence-electron chi connectivity index (χ4n) is 4.19. The van der Waals surface area contributed by atoms with Gasteiger partial charge in [0.25, 0.3) is 5.56 Å². The number of aryl methyl sites for hydroxylation is 2. The molecule has 3 aromatic heterocycles. The highest BCUT2D eigenvalue weighted by molar-refractivity contribution is 5.75. The molecular formula is C17H23N5O2. The lowest BCUT2D eigenvalue weighted by atomic mass is 9.85. The summed E-state index contributed by atoms with van der Waals surface area (Å²) < 4.78 is 6.71. The van der Waals surface area contributed by atoms with Crippen LogP contribution in [0, 0.1) is 12.8 Å². The Bertz CT molecular complexity index is 1060. The molecule has 1 aliphatic rings. The van der Waals surface area contributed by atoms with Crippen molar-refractivity contribution in [3.63, 3.8) is 0 Å². The van der Waals surface area contributed by atoms with Crippen molar-refractivity contribution in [3.8, 4) is 0 Å². The summed E-state index contributed by atoms with van der Waals surface area (Å²) in [5.41, 5.74) is 1.39. The van der Waals surface area contributed by atoms with Crippen LogP contribution in [0.3, 0.4) is 0 Å². The van der Waals surface area contributed by atoms with Crippen molar-refractivity contribution in [1.82, 2.24) is 23.1 Å². The van der Waals surface area contributed by atoms with Crippen molar-refractivity contribution in [2.24, 2.45) is 20.0 Å². The maximum absolute atomic E-state index is 12.6. The van der Waals surface area contributed by atoms with Gasteiger partial charge >= 0.3 is 5.69 Å². The lowest BCUT2D eigenvalue weighted by molar-refractivity contribution is 0.259.